The van der Waals surface area contributed by atoms with E-state index in [0.29, 0.717) is 17.5 Å². The maximum absolute atomic E-state index is 12.5. The molecular formula is C18H22Cl2N2O3. The van der Waals surface area contributed by atoms with Gasteiger partial charge in [0.25, 0.3) is 0 Å². The molecule has 2 bridgehead atoms. The highest BCUT2D eigenvalue weighted by Crippen LogP contribution is 2.35. The molecule has 4 rings (SSSR count). The summed E-state index contributed by atoms with van der Waals surface area (Å²) in [5.41, 5.74) is 0.557. The summed E-state index contributed by atoms with van der Waals surface area (Å²) < 4.78 is 5.65. The van der Waals surface area contributed by atoms with Crippen LogP contribution in [0.4, 0.5) is 0 Å². The fourth-order valence-corrected chi connectivity index (χ4v) is 3.99. The summed E-state index contributed by atoms with van der Waals surface area (Å²) in [6.45, 7) is 0. The number of nitrogens with one attached hydrogen (secondary N) is 1. The highest BCUT2D eigenvalue weighted by Gasteiger charge is 2.40. The third-order valence-corrected chi connectivity index (χ3v) is 5.34. The highest BCUT2D eigenvalue weighted by molar-refractivity contribution is 5.93. The molecule has 2 unspecified atom stereocenters. The highest BCUT2D eigenvalue weighted by atomic mass is 35.5. The lowest BCUT2D eigenvalue weighted by molar-refractivity contribution is -0.000578. The average molecular weight is 385 g/mol. The largest absolute Gasteiger partial charge is 0.459 e. The summed E-state index contributed by atoms with van der Waals surface area (Å²) in [4.78, 5) is 30.3. The van der Waals surface area contributed by atoms with E-state index in [-0.39, 0.29) is 41.9 Å². The van der Waals surface area contributed by atoms with Gasteiger partial charge in [-0.25, -0.2) is 4.79 Å². The second kappa shape index (κ2) is 7.77. The molecular weight excluding hydrogens is 363 g/mol. The van der Waals surface area contributed by atoms with E-state index < -0.39 is 5.97 Å². The Bertz CT molecular complexity index is 809. The van der Waals surface area contributed by atoms with Crippen LogP contribution in [0.3, 0.4) is 0 Å². The van der Waals surface area contributed by atoms with E-state index in [1.54, 1.807) is 12.1 Å². The van der Waals surface area contributed by atoms with Gasteiger partial charge in [0.05, 0.1) is 0 Å². The molecule has 136 valence electrons. The lowest BCUT2D eigenvalue weighted by Gasteiger charge is -2.35. The predicted octanol–water partition coefficient (Wildman–Crippen LogP) is 3.15. The number of hydrogen-bond donors (Lipinski definition) is 1. The van der Waals surface area contributed by atoms with Crippen LogP contribution >= 0.6 is 24.8 Å². The normalized spacial score (nSPS) is 25.1. The van der Waals surface area contributed by atoms with Gasteiger partial charge in [0.15, 0.2) is 0 Å². The molecule has 1 N–H and O–H groups in total. The first-order chi connectivity index (χ1) is 11.1. The summed E-state index contributed by atoms with van der Waals surface area (Å²) in [7, 11) is 2.15. The number of hydrogen-bond acceptors (Lipinski definition) is 4. The molecule has 0 spiro atoms. The molecule has 2 aliphatic heterocycles. The van der Waals surface area contributed by atoms with Gasteiger partial charge in [0, 0.05) is 42.0 Å². The molecule has 1 aromatic heterocycles. The molecule has 2 atom stereocenters. The van der Waals surface area contributed by atoms with Crippen LogP contribution in [0, 0.1) is 0 Å². The third kappa shape index (κ3) is 3.54. The van der Waals surface area contributed by atoms with Crippen LogP contribution in [0.15, 0.2) is 35.3 Å². The molecule has 2 fully saturated rings. The molecule has 0 radical (unpaired) electrons. The Kier molecular flexibility index (Phi) is 6.14. The zero-order valence-electron chi connectivity index (χ0n) is 13.9. The van der Waals surface area contributed by atoms with Gasteiger partial charge in [0.2, 0.25) is 5.43 Å². The second-order valence-electron chi connectivity index (χ2n) is 6.63. The van der Waals surface area contributed by atoms with E-state index in [2.05, 4.69) is 16.9 Å². The zero-order valence-corrected chi connectivity index (χ0v) is 15.6. The molecule has 2 saturated heterocycles. The Hall–Kier alpha value is -1.56. The van der Waals surface area contributed by atoms with Crippen molar-refractivity contribution >= 4 is 41.7 Å². The van der Waals surface area contributed by atoms with Crippen molar-refractivity contribution in [1.29, 1.82) is 0 Å². The number of ether oxygens (including phenoxy) is 1. The minimum atomic E-state index is -0.508. The van der Waals surface area contributed by atoms with E-state index >= 15 is 0 Å². The van der Waals surface area contributed by atoms with Gasteiger partial charge in [-0.15, -0.1) is 24.8 Å². The van der Waals surface area contributed by atoms with Crippen molar-refractivity contribution in [2.45, 2.75) is 43.9 Å². The summed E-state index contributed by atoms with van der Waals surface area (Å²) >= 11 is 0. The molecule has 0 saturated carbocycles. The molecule has 5 nitrogen and oxygen atoms in total. The maximum Gasteiger partial charge on any atom is 0.343 e. The Balaban J connectivity index is 0.00000113. The standard InChI is InChI=1S/C18H20N2O3.2ClH/c1-20-11-6-7-12(20)9-13(8-11)23-18(22)15-10-19-16-5-3-2-4-14(16)17(15)21;;/h2-5,10-13H,6-9H2,1H3,(H,19,21);2*1H. The van der Waals surface area contributed by atoms with Crippen molar-refractivity contribution < 1.29 is 9.53 Å². The Morgan fingerprint density at radius 1 is 1.16 bits per heavy atom. The summed E-state index contributed by atoms with van der Waals surface area (Å²) in [5, 5.41) is 0.519. The van der Waals surface area contributed by atoms with Gasteiger partial charge in [-0.05, 0) is 32.0 Å². The van der Waals surface area contributed by atoms with Crippen LogP contribution in [0.25, 0.3) is 10.9 Å². The van der Waals surface area contributed by atoms with Crippen LogP contribution in [0.1, 0.15) is 36.0 Å². The number of halogens is 2. The van der Waals surface area contributed by atoms with E-state index in [0.717, 1.165) is 18.4 Å². The molecule has 0 aliphatic carbocycles. The second-order valence-corrected chi connectivity index (χ2v) is 6.63. The molecule has 7 heteroatoms. The van der Waals surface area contributed by atoms with Crippen LogP contribution in [-0.2, 0) is 4.74 Å². The summed E-state index contributed by atoms with van der Waals surface area (Å²) in [6.07, 6.45) is 5.46. The number of carbonyl (C=O) groups is 1. The van der Waals surface area contributed by atoms with Crippen molar-refractivity contribution in [1.82, 2.24) is 9.88 Å². The number of nitrogens with zero attached hydrogens (tertiary/aromatic N) is 1. The van der Waals surface area contributed by atoms with E-state index in [1.165, 1.54) is 19.0 Å². The van der Waals surface area contributed by atoms with Gasteiger partial charge >= 0.3 is 5.97 Å². The smallest absolute Gasteiger partial charge is 0.343 e. The maximum atomic E-state index is 12.5. The van der Waals surface area contributed by atoms with E-state index in [1.807, 2.05) is 12.1 Å². The van der Waals surface area contributed by atoms with Crippen molar-refractivity contribution in [3.63, 3.8) is 0 Å². The number of fused-ring (bicyclic) bond motifs is 3. The molecule has 2 aliphatic rings. The van der Waals surface area contributed by atoms with E-state index in [4.69, 9.17) is 4.74 Å². The third-order valence-electron chi connectivity index (χ3n) is 5.34. The van der Waals surface area contributed by atoms with Crippen LogP contribution in [-0.4, -0.2) is 41.1 Å². The molecule has 3 heterocycles. The van der Waals surface area contributed by atoms with Crippen LogP contribution in [0.5, 0.6) is 0 Å². The number of para-hydroxylation sites is 1. The SMILES string of the molecule is CN1C2CCC1CC(OC(=O)c1c[nH]c3ccccc3c1=O)C2.Cl.Cl. The molecule has 25 heavy (non-hydrogen) atoms. The fraction of sp³-hybridized carbons (Fsp3) is 0.444. The topological polar surface area (TPSA) is 62.4 Å². The Morgan fingerprint density at radius 3 is 2.48 bits per heavy atom. The van der Waals surface area contributed by atoms with E-state index in [9.17, 15) is 9.59 Å². The number of H-pyrrole nitrogens is 1. The van der Waals surface area contributed by atoms with Crippen molar-refractivity contribution in [3.05, 3.63) is 46.2 Å². The molecule has 1 aromatic carbocycles. The van der Waals surface area contributed by atoms with Gasteiger partial charge in [-0.1, -0.05) is 12.1 Å². The first kappa shape index (κ1) is 19.8. The number of benzene rings is 1. The molecule has 0 amide bonds. The fourth-order valence-electron chi connectivity index (χ4n) is 3.99. The monoisotopic (exact) mass is 384 g/mol. The van der Waals surface area contributed by atoms with Crippen LogP contribution < -0.4 is 5.43 Å². The van der Waals surface area contributed by atoms with Crippen molar-refractivity contribution in [3.8, 4) is 0 Å². The Morgan fingerprint density at radius 2 is 1.80 bits per heavy atom. The number of pyridine rings is 1. The summed E-state index contributed by atoms with van der Waals surface area (Å²) in [5.74, 6) is -0.508. The van der Waals surface area contributed by atoms with Crippen molar-refractivity contribution in [2.75, 3.05) is 7.05 Å². The van der Waals surface area contributed by atoms with Gasteiger partial charge in [-0.2, -0.15) is 0 Å². The van der Waals surface area contributed by atoms with Gasteiger partial charge < -0.3 is 14.6 Å². The number of aromatic amines is 1. The lowest BCUT2D eigenvalue weighted by Crippen LogP contribution is -2.43. The predicted molar refractivity (Wildman–Crippen MR) is 102 cm³/mol. The number of carbonyl (C=O) groups excluding carboxylic acids is 1. The number of aromatic nitrogens is 1. The number of esters is 1. The first-order valence-corrected chi connectivity index (χ1v) is 8.17. The zero-order chi connectivity index (χ0) is 16.0. The minimum Gasteiger partial charge on any atom is -0.459 e. The number of rotatable bonds is 2. The Labute approximate surface area is 158 Å². The van der Waals surface area contributed by atoms with Crippen LogP contribution in [0.2, 0.25) is 0 Å². The first-order valence-electron chi connectivity index (χ1n) is 8.17. The van der Waals surface area contributed by atoms with Crippen molar-refractivity contribution in [2.24, 2.45) is 0 Å². The minimum absolute atomic E-state index is 0. The quantitative estimate of drug-likeness (QED) is 0.807. The number of piperidine rings is 1. The van der Waals surface area contributed by atoms with Gasteiger partial charge in [0.1, 0.15) is 11.7 Å². The lowest BCUT2D eigenvalue weighted by atomic mass is 10.0. The summed E-state index contributed by atoms with van der Waals surface area (Å²) in [6, 6.07) is 8.19. The van der Waals surface area contributed by atoms with Gasteiger partial charge in [-0.3, -0.25) is 4.79 Å². The molecule has 2 aromatic rings. The average Bonchev–Trinajstić information content (AvgIpc) is 2.77.